The first-order chi connectivity index (χ1) is 13.3. The van der Waals surface area contributed by atoms with E-state index in [9.17, 15) is 0 Å². The molecule has 6 nitrogen and oxygen atoms in total. The molecule has 6 heteroatoms. The van der Waals surface area contributed by atoms with Gasteiger partial charge < -0.3 is 19.7 Å². The van der Waals surface area contributed by atoms with Gasteiger partial charge in [0, 0.05) is 37.7 Å². The van der Waals surface area contributed by atoms with Gasteiger partial charge in [0.2, 0.25) is 0 Å². The second-order valence-corrected chi connectivity index (χ2v) is 8.67. The van der Waals surface area contributed by atoms with Crippen molar-refractivity contribution in [2.75, 3.05) is 36.5 Å². The van der Waals surface area contributed by atoms with Gasteiger partial charge in [0.25, 0.3) is 0 Å². The zero-order valence-electron chi connectivity index (χ0n) is 17.3. The third kappa shape index (κ3) is 3.98. The maximum atomic E-state index is 5.84. The predicted molar refractivity (Wildman–Crippen MR) is 111 cm³/mol. The molecule has 3 heterocycles. The maximum absolute atomic E-state index is 5.84. The lowest BCUT2D eigenvalue weighted by Gasteiger charge is -2.38. The van der Waals surface area contributed by atoms with Crippen LogP contribution in [0, 0.1) is 6.92 Å². The van der Waals surface area contributed by atoms with E-state index in [2.05, 4.69) is 65.2 Å². The van der Waals surface area contributed by atoms with E-state index in [0.29, 0.717) is 13.2 Å². The van der Waals surface area contributed by atoms with Gasteiger partial charge in [-0.05, 0) is 24.0 Å². The largest absolute Gasteiger partial charge is 0.356 e. The molecule has 0 saturated carbocycles. The number of benzene rings is 1. The Labute approximate surface area is 167 Å². The number of piperidine rings is 1. The molecule has 4 rings (SSSR count). The molecule has 2 aliphatic rings. The van der Waals surface area contributed by atoms with Crippen LogP contribution in [0.2, 0.25) is 0 Å². The van der Waals surface area contributed by atoms with Gasteiger partial charge in [-0.3, -0.25) is 0 Å². The highest BCUT2D eigenvalue weighted by Crippen LogP contribution is 2.34. The molecule has 0 unspecified atom stereocenters. The van der Waals surface area contributed by atoms with Gasteiger partial charge in [0.15, 0.2) is 5.79 Å². The molecule has 2 fully saturated rings. The average Bonchev–Trinajstić information content (AvgIpc) is 3.09. The van der Waals surface area contributed by atoms with Crippen molar-refractivity contribution in [3.8, 4) is 0 Å². The number of hydrogen-bond donors (Lipinski definition) is 1. The quantitative estimate of drug-likeness (QED) is 0.860. The van der Waals surface area contributed by atoms with Crippen LogP contribution in [0.4, 0.5) is 17.3 Å². The fourth-order valence-electron chi connectivity index (χ4n) is 4.02. The van der Waals surface area contributed by atoms with Crippen molar-refractivity contribution in [3.63, 3.8) is 0 Å². The lowest BCUT2D eigenvalue weighted by atomic mass is 9.86. The topological polar surface area (TPSA) is 59.5 Å². The highest BCUT2D eigenvalue weighted by Gasteiger charge is 2.40. The van der Waals surface area contributed by atoms with Crippen molar-refractivity contribution in [1.82, 2.24) is 9.97 Å². The first-order valence-corrected chi connectivity index (χ1v) is 10.1. The second-order valence-electron chi connectivity index (χ2n) is 8.67. The Bertz CT molecular complexity index is 831. The van der Waals surface area contributed by atoms with E-state index in [1.54, 1.807) is 0 Å². The summed E-state index contributed by atoms with van der Waals surface area (Å²) in [5, 5.41) is 3.52. The van der Waals surface area contributed by atoms with Crippen molar-refractivity contribution in [2.24, 2.45) is 0 Å². The van der Waals surface area contributed by atoms with E-state index in [0.717, 1.165) is 49.1 Å². The molecular weight excluding hydrogens is 352 g/mol. The molecule has 1 aromatic heterocycles. The summed E-state index contributed by atoms with van der Waals surface area (Å²) in [4.78, 5) is 11.6. The molecule has 1 aromatic carbocycles. The highest BCUT2D eigenvalue weighted by molar-refractivity contribution is 5.64. The Kier molecular flexibility index (Phi) is 5.02. The van der Waals surface area contributed by atoms with E-state index in [4.69, 9.17) is 9.47 Å². The number of hydrogen-bond acceptors (Lipinski definition) is 6. The molecular formula is C22H30N4O2. The molecule has 0 amide bonds. The summed E-state index contributed by atoms with van der Waals surface area (Å²) in [6, 6.07) is 10.5. The monoisotopic (exact) mass is 382 g/mol. The van der Waals surface area contributed by atoms with E-state index in [1.165, 1.54) is 5.56 Å². The van der Waals surface area contributed by atoms with Gasteiger partial charge >= 0.3 is 0 Å². The summed E-state index contributed by atoms with van der Waals surface area (Å²) >= 11 is 0. The van der Waals surface area contributed by atoms with Gasteiger partial charge in [-0.1, -0.05) is 39.0 Å². The number of rotatable bonds is 3. The Morgan fingerprint density at radius 2 is 1.71 bits per heavy atom. The Morgan fingerprint density at radius 1 is 1.04 bits per heavy atom. The third-order valence-electron chi connectivity index (χ3n) is 5.49. The van der Waals surface area contributed by atoms with Crippen LogP contribution in [0.15, 0.2) is 30.3 Å². The van der Waals surface area contributed by atoms with Crippen LogP contribution in [-0.4, -0.2) is 42.1 Å². The molecule has 0 bridgehead atoms. The number of aromatic nitrogens is 2. The number of para-hydroxylation sites is 1. The third-order valence-corrected chi connectivity index (χ3v) is 5.49. The number of nitrogens with one attached hydrogen (secondary N) is 1. The zero-order valence-corrected chi connectivity index (χ0v) is 17.3. The normalized spacial score (nSPS) is 19.2. The zero-order chi connectivity index (χ0) is 19.8. The average molecular weight is 383 g/mol. The number of nitrogens with zero attached hydrogens (tertiary/aromatic N) is 3. The first kappa shape index (κ1) is 19.2. The fraction of sp³-hybridized carbons (Fsp3) is 0.545. The van der Waals surface area contributed by atoms with Gasteiger partial charge in [-0.15, -0.1) is 0 Å². The molecule has 2 aliphatic heterocycles. The Hall–Kier alpha value is -2.18. The maximum Gasteiger partial charge on any atom is 0.171 e. The minimum absolute atomic E-state index is 0.0525. The van der Waals surface area contributed by atoms with Gasteiger partial charge in [0.1, 0.15) is 17.5 Å². The summed E-state index contributed by atoms with van der Waals surface area (Å²) < 4.78 is 11.7. The van der Waals surface area contributed by atoms with E-state index in [-0.39, 0.29) is 11.2 Å². The van der Waals surface area contributed by atoms with Gasteiger partial charge in [-0.2, -0.15) is 0 Å². The van der Waals surface area contributed by atoms with Crippen LogP contribution in [0.5, 0.6) is 0 Å². The van der Waals surface area contributed by atoms with Gasteiger partial charge in [-0.25, -0.2) is 9.97 Å². The molecule has 150 valence electrons. The number of anilines is 3. The van der Waals surface area contributed by atoms with Crippen molar-refractivity contribution in [2.45, 2.75) is 51.7 Å². The van der Waals surface area contributed by atoms with E-state index >= 15 is 0 Å². The summed E-state index contributed by atoms with van der Waals surface area (Å²) in [7, 11) is 0. The minimum atomic E-state index is -0.370. The Morgan fingerprint density at radius 3 is 2.39 bits per heavy atom. The van der Waals surface area contributed by atoms with Crippen molar-refractivity contribution in [1.29, 1.82) is 0 Å². The van der Waals surface area contributed by atoms with Crippen LogP contribution in [-0.2, 0) is 14.9 Å². The second kappa shape index (κ2) is 7.33. The van der Waals surface area contributed by atoms with E-state index in [1.807, 2.05) is 13.0 Å². The van der Waals surface area contributed by atoms with Crippen molar-refractivity contribution < 1.29 is 9.47 Å². The highest BCUT2D eigenvalue weighted by atomic mass is 16.7. The molecule has 1 N–H and O–H groups in total. The van der Waals surface area contributed by atoms with Crippen LogP contribution < -0.4 is 10.2 Å². The summed E-state index contributed by atoms with van der Waals surface area (Å²) in [5.41, 5.74) is 2.41. The van der Waals surface area contributed by atoms with Crippen LogP contribution in [0.25, 0.3) is 0 Å². The molecule has 1 spiro atoms. The van der Waals surface area contributed by atoms with Crippen molar-refractivity contribution >= 4 is 17.3 Å². The lowest BCUT2D eigenvalue weighted by molar-refractivity contribution is -0.169. The summed E-state index contributed by atoms with van der Waals surface area (Å²) in [6.45, 7) is 11.8. The van der Waals surface area contributed by atoms with Crippen LogP contribution in [0.1, 0.15) is 45.0 Å². The molecule has 2 saturated heterocycles. The lowest BCUT2D eigenvalue weighted by Crippen LogP contribution is -2.45. The van der Waals surface area contributed by atoms with E-state index < -0.39 is 0 Å². The van der Waals surface area contributed by atoms with Gasteiger partial charge in [0.05, 0.1) is 13.2 Å². The van der Waals surface area contributed by atoms with Crippen LogP contribution in [0.3, 0.4) is 0 Å². The number of ether oxygens (including phenoxy) is 2. The summed E-state index contributed by atoms with van der Waals surface area (Å²) in [6.07, 6.45) is 1.73. The predicted octanol–water partition coefficient (Wildman–Crippen LogP) is 4.17. The molecule has 0 radical (unpaired) electrons. The van der Waals surface area contributed by atoms with Crippen molar-refractivity contribution in [3.05, 3.63) is 41.7 Å². The standard InChI is InChI=1S/C22H30N4O2/c1-16-23-19(25-18-8-6-5-7-17(18)21(2,3)4)15-20(24-16)26-11-9-22(10-12-26)27-13-14-28-22/h5-8,15H,9-14H2,1-4H3,(H,23,24,25). The molecule has 2 aromatic rings. The van der Waals surface area contributed by atoms with Crippen LogP contribution >= 0.6 is 0 Å². The summed E-state index contributed by atoms with van der Waals surface area (Å²) in [5.74, 6) is 2.18. The first-order valence-electron chi connectivity index (χ1n) is 10.1. The smallest absolute Gasteiger partial charge is 0.171 e. The molecule has 28 heavy (non-hydrogen) atoms. The SMILES string of the molecule is Cc1nc(Nc2ccccc2C(C)(C)C)cc(N2CCC3(CC2)OCCO3)n1. The Balaban J connectivity index is 1.54. The fourth-order valence-corrected chi connectivity index (χ4v) is 4.02. The molecule has 0 aliphatic carbocycles. The number of aryl methyl sites for hydroxylation is 1. The molecule has 0 atom stereocenters. The minimum Gasteiger partial charge on any atom is -0.356 e.